The molecule has 2 rings (SSSR count). The molecule has 8 nitrogen and oxygen atoms in total. The molecule has 0 saturated heterocycles. The molecule has 4 N–H and O–H groups in total. The molecular formula is C25H30F3N3O5Si. The van der Waals surface area contributed by atoms with Crippen LogP contribution in [0.1, 0.15) is 35.3 Å². The third-order valence-electron chi connectivity index (χ3n) is 4.33. The molecule has 0 aliphatic rings. The number of halogens is 3. The van der Waals surface area contributed by atoms with Crippen molar-refractivity contribution in [1.82, 2.24) is 5.48 Å². The Balaban J connectivity index is 2.46. The fourth-order valence-electron chi connectivity index (χ4n) is 2.64. The summed E-state index contributed by atoms with van der Waals surface area (Å²) in [5.74, 6) is -1.76. The highest BCUT2D eigenvalue weighted by atomic mass is 28.3. The Bertz CT molecular complexity index is 1220. The number of aliphatic hydroxyl groups is 2. The van der Waals surface area contributed by atoms with Gasteiger partial charge in [0.2, 0.25) is 0 Å². The van der Waals surface area contributed by atoms with Crippen molar-refractivity contribution in [3.05, 3.63) is 58.4 Å². The Labute approximate surface area is 214 Å². The monoisotopic (exact) mass is 537 g/mol. The number of carbonyl (C=O) groups excluding carboxylic acids is 1. The van der Waals surface area contributed by atoms with Crippen LogP contribution in [0.2, 0.25) is 19.6 Å². The molecule has 37 heavy (non-hydrogen) atoms. The molecule has 2 aromatic carbocycles. The number of amides is 1. The van der Waals surface area contributed by atoms with E-state index >= 15 is 4.39 Å². The maximum atomic E-state index is 15.1. The molecular weight excluding hydrogens is 507 g/mol. The lowest BCUT2D eigenvalue weighted by atomic mass is 10.1. The first kappa shape index (κ1) is 29.9. The van der Waals surface area contributed by atoms with Crippen molar-refractivity contribution in [2.24, 2.45) is 5.16 Å². The molecule has 200 valence electrons. The van der Waals surface area contributed by atoms with Gasteiger partial charge in [-0.2, -0.15) is 0 Å². The first-order chi connectivity index (χ1) is 17.2. The van der Waals surface area contributed by atoms with Gasteiger partial charge in [0.25, 0.3) is 5.91 Å². The fourth-order valence-corrected chi connectivity index (χ4v) is 3.16. The smallest absolute Gasteiger partial charge is 0.277 e. The van der Waals surface area contributed by atoms with Crippen LogP contribution in [0.5, 0.6) is 0 Å². The quantitative estimate of drug-likeness (QED) is 0.120. The third kappa shape index (κ3) is 9.54. The van der Waals surface area contributed by atoms with Crippen molar-refractivity contribution in [3.63, 3.8) is 0 Å². The number of rotatable bonds is 10. The van der Waals surface area contributed by atoms with E-state index in [-0.39, 0.29) is 18.9 Å². The van der Waals surface area contributed by atoms with Gasteiger partial charge < -0.3 is 20.4 Å². The molecule has 0 aromatic heterocycles. The van der Waals surface area contributed by atoms with Gasteiger partial charge in [0.1, 0.15) is 20.5 Å². The molecule has 2 aromatic rings. The summed E-state index contributed by atoms with van der Waals surface area (Å²) in [7, 11) is -1.70. The Kier molecular flexibility index (Phi) is 10.3. The number of aliphatic hydroxyl groups excluding tert-OH is 1. The molecule has 0 aliphatic heterocycles. The van der Waals surface area contributed by atoms with Crippen LogP contribution in [0.3, 0.4) is 0 Å². The van der Waals surface area contributed by atoms with E-state index in [0.29, 0.717) is 5.56 Å². The minimum Gasteiger partial charge on any atom is -0.394 e. The summed E-state index contributed by atoms with van der Waals surface area (Å²) in [5.41, 5.74) is 2.51. The van der Waals surface area contributed by atoms with Crippen LogP contribution in [0, 0.1) is 28.9 Å². The maximum Gasteiger partial charge on any atom is 0.277 e. The Hall–Kier alpha value is -3.37. The number of hydroxylamine groups is 1. The summed E-state index contributed by atoms with van der Waals surface area (Å²) in [6.07, 6.45) is 0.825. The van der Waals surface area contributed by atoms with E-state index in [1.165, 1.54) is 26.0 Å². The standard InChI is InChI=1S/C25H30F3N3O5Si/c1-25(2,34)15-36-29-14-17-13-18(24(33)31-35-10-9-32)23(22(28)21(17)27)30-20-7-6-16(12-19(20)26)8-11-37(3,4)5/h6-7,12-14,30,32,34H,9-10,15H2,1-5H3,(H,31,33)/b29-14+. The third-order valence-corrected chi connectivity index (χ3v) is 5.21. The van der Waals surface area contributed by atoms with Gasteiger partial charge in [-0.25, -0.2) is 18.7 Å². The molecule has 0 atom stereocenters. The highest BCUT2D eigenvalue weighted by molar-refractivity contribution is 6.83. The van der Waals surface area contributed by atoms with E-state index in [4.69, 9.17) is 14.8 Å². The van der Waals surface area contributed by atoms with E-state index in [0.717, 1.165) is 18.3 Å². The first-order valence-electron chi connectivity index (χ1n) is 11.2. The van der Waals surface area contributed by atoms with Crippen LogP contribution >= 0.6 is 0 Å². The Morgan fingerprint density at radius 2 is 1.89 bits per heavy atom. The Morgan fingerprint density at radius 1 is 1.19 bits per heavy atom. The molecule has 1 amide bonds. The normalized spacial score (nSPS) is 11.7. The lowest BCUT2D eigenvalue weighted by Crippen LogP contribution is -2.26. The summed E-state index contributed by atoms with van der Waals surface area (Å²) >= 11 is 0. The van der Waals surface area contributed by atoms with E-state index in [1.807, 2.05) is 25.1 Å². The molecule has 0 bridgehead atoms. The molecule has 0 heterocycles. The zero-order valence-corrected chi connectivity index (χ0v) is 22.2. The van der Waals surface area contributed by atoms with Gasteiger partial charge >= 0.3 is 0 Å². The number of oxime groups is 1. The van der Waals surface area contributed by atoms with Crippen LogP contribution in [0.25, 0.3) is 0 Å². The highest BCUT2D eigenvalue weighted by Crippen LogP contribution is 2.30. The second-order valence-corrected chi connectivity index (χ2v) is 14.4. The first-order valence-corrected chi connectivity index (χ1v) is 14.7. The van der Waals surface area contributed by atoms with Crippen molar-refractivity contribution in [2.75, 3.05) is 25.1 Å². The van der Waals surface area contributed by atoms with Gasteiger partial charge in [-0.05, 0) is 38.1 Å². The summed E-state index contributed by atoms with van der Waals surface area (Å²) in [5, 5.41) is 24.4. The van der Waals surface area contributed by atoms with Crippen LogP contribution in [0.4, 0.5) is 24.5 Å². The van der Waals surface area contributed by atoms with Gasteiger partial charge in [-0.15, -0.1) is 5.54 Å². The fraction of sp³-hybridized carbons (Fsp3) is 0.360. The summed E-state index contributed by atoms with van der Waals surface area (Å²) in [6, 6.07) is 4.92. The predicted octanol–water partition coefficient (Wildman–Crippen LogP) is 3.85. The molecule has 0 fully saturated rings. The highest BCUT2D eigenvalue weighted by Gasteiger charge is 2.24. The zero-order valence-electron chi connectivity index (χ0n) is 21.2. The average Bonchev–Trinajstić information content (AvgIpc) is 2.79. The van der Waals surface area contributed by atoms with Crippen molar-refractivity contribution < 1.29 is 37.9 Å². The van der Waals surface area contributed by atoms with E-state index in [9.17, 15) is 18.7 Å². The SMILES string of the molecule is CC(C)(O)CO/N=C/c1cc(C(=O)NOCCO)c(Nc2ccc(C#C[Si](C)(C)C)cc2F)c(F)c1F. The van der Waals surface area contributed by atoms with Crippen molar-refractivity contribution in [1.29, 1.82) is 0 Å². The van der Waals surface area contributed by atoms with E-state index in [2.05, 4.69) is 21.9 Å². The number of nitrogens with zero attached hydrogens (tertiary/aromatic N) is 1. The summed E-state index contributed by atoms with van der Waals surface area (Å²) in [4.78, 5) is 22.3. The van der Waals surface area contributed by atoms with Crippen molar-refractivity contribution in [3.8, 4) is 11.5 Å². The lowest BCUT2D eigenvalue weighted by molar-refractivity contribution is -0.0185. The minimum absolute atomic E-state index is 0.225. The number of hydrogen-bond acceptors (Lipinski definition) is 7. The van der Waals surface area contributed by atoms with Crippen molar-refractivity contribution >= 4 is 31.6 Å². The summed E-state index contributed by atoms with van der Waals surface area (Å²) in [6.45, 7) is 8.14. The molecule has 0 unspecified atom stereocenters. The van der Waals surface area contributed by atoms with Gasteiger partial charge in [-0.1, -0.05) is 30.7 Å². The number of nitrogens with one attached hydrogen (secondary N) is 2. The second kappa shape index (κ2) is 12.7. The van der Waals surface area contributed by atoms with Gasteiger partial charge in [0.05, 0.1) is 42.0 Å². The topological polar surface area (TPSA) is 112 Å². The van der Waals surface area contributed by atoms with Gasteiger partial charge in [0, 0.05) is 11.1 Å². The van der Waals surface area contributed by atoms with Gasteiger partial charge in [0.15, 0.2) is 11.6 Å². The maximum absolute atomic E-state index is 15.1. The largest absolute Gasteiger partial charge is 0.394 e. The average molecular weight is 538 g/mol. The molecule has 0 saturated carbocycles. The molecule has 0 spiro atoms. The zero-order chi connectivity index (χ0) is 27.8. The van der Waals surface area contributed by atoms with Crippen LogP contribution in [0.15, 0.2) is 29.4 Å². The second-order valence-electron chi connectivity index (χ2n) is 9.66. The number of hydrogen-bond donors (Lipinski definition) is 4. The lowest BCUT2D eigenvalue weighted by Gasteiger charge is -2.16. The van der Waals surface area contributed by atoms with E-state index < -0.39 is 60.5 Å². The summed E-state index contributed by atoms with van der Waals surface area (Å²) < 4.78 is 44.8. The molecule has 0 radical (unpaired) electrons. The molecule has 12 heteroatoms. The Morgan fingerprint density at radius 3 is 2.49 bits per heavy atom. The number of carbonyl (C=O) groups is 1. The number of benzene rings is 2. The van der Waals surface area contributed by atoms with Gasteiger partial charge in [-0.3, -0.25) is 9.63 Å². The van der Waals surface area contributed by atoms with Crippen molar-refractivity contribution in [2.45, 2.75) is 39.1 Å². The predicted molar refractivity (Wildman–Crippen MR) is 137 cm³/mol. The molecule has 0 aliphatic carbocycles. The minimum atomic E-state index is -1.70. The van der Waals surface area contributed by atoms with Crippen LogP contribution < -0.4 is 10.8 Å². The van der Waals surface area contributed by atoms with Crippen LogP contribution in [-0.4, -0.2) is 55.8 Å². The van der Waals surface area contributed by atoms with Crippen LogP contribution in [-0.2, 0) is 9.68 Å². The van der Waals surface area contributed by atoms with E-state index in [1.54, 1.807) is 0 Å². The number of anilines is 2.